The average molecular weight is 444 g/mol. The van der Waals surface area contributed by atoms with Crippen molar-refractivity contribution in [3.05, 3.63) is 76.7 Å². The van der Waals surface area contributed by atoms with E-state index in [0.717, 1.165) is 26.8 Å². The number of carbonyl (C=O) groups is 1. The van der Waals surface area contributed by atoms with E-state index in [1.807, 2.05) is 17.5 Å². The molecule has 2 heterocycles. The summed E-state index contributed by atoms with van der Waals surface area (Å²) >= 11 is 1.38. The van der Waals surface area contributed by atoms with Gasteiger partial charge in [-0.15, -0.1) is 0 Å². The second-order valence-electron chi connectivity index (χ2n) is 6.80. The molecule has 2 aromatic heterocycles. The van der Waals surface area contributed by atoms with Gasteiger partial charge in [-0.3, -0.25) is 9.20 Å². The van der Waals surface area contributed by atoms with Crippen molar-refractivity contribution in [1.82, 2.24) is 14.1 Å². The number of hydrogen-bond acceptors (Lipinski definition) is 5. The summed E-state index contributed by atoms with van der Waals surface area (Å²) in [5.41, 5.74) is 2.74. The monoisotopic (exact) mass is 443 g/mol. The van der Waals surface area contributed by atoms with Gasteiger partial charge in [-0.05, 0) is 50.2 Å². The minimum atomic E-state index is -3.77. The zero-order valence-corrected chi connectivity index (χ0v) is 17.8. The number of imidazole rings is 1. The van der Waals surface area contributed by atoms with Crippen LogP contribution in [0.15, 0.2) is 59.6 Å². The number of aromatic nitrogens is 2. The van der Waals surface area contributed by atoms with Gasteiger partial charge in [0, 0.05) is 34.4 Å². The van der Waals surface area contributed by atoms with Gasteiger partial charge in [0.25, 0.3) is 0 Å². The molecule has 6 nitrogen and oxygen atoms in total. The van der Waals surface area contributed by atoms with Gasteiger partial charge < -0.3 is 0 Å². The van der Waals surface area contributed by atoms with E-state index >= 15 is 0 Å². The fourth-order valence-electron chi connectivity index (χ4n) is 3.04. The second kappa shape index (κ2) is 7.75. The van der Waals surface area contributed by atoms with Crippen LogP contribution < -0.4 is 4.72 Å². The summed E-state index contributed by atoms with van der Waals surface area (Å²) in [7, 11) is -3.77. The van der Waals surface area contributed by atoms with Gasteiger partial charge in [0.1, 0.15) is 5.82 Å². The van der Waals surface area contributed by atoms with E-state index in [4.69, 9.17) is 0 Å². The van der Waals surface area contributed by atoms with E-state index in [9.17, 15) is 17.6 Å². The Balaban J connectivity index is 1.56. The third-order valence-electron chi connectivity index (χ3n) is 4.77. The molecule has 4 aromatic rings. The Morgan fingerprint density at radius 2 is 1.93 bits per heavy atom. The van der Waals surface area contributed by atoms with Crippen molar-refractivity contribution < 1.29 is 17.6 Å². The zero-order valence-electron chi connectivity index (χ0n) is 16.2. The topological polar surface area (TPSA) is 80.5 Å². The summed E-state index contributed by atoms with van der Waals surface area (Å²) < 4.78 is 42.9. The maximum Gasteiger partial charge on any atom is 0.240 e. The summed E-state index contributed by atoms with van der Waals surface area (Å²) in [6.45, 7) is 3.39. The van der Waals surface area contributed by atoms with E-state index < -0.39 is 10.0 Å². The summed E-state index contributed by atoms with van der Waals surface area (Å²) in [5.74, 6) is -0.501. The maximum atomic E-state index is 13.1. The normalized spacial score (nSPS) is 11.8. The molecule has 0 saturated carbocycles. The van der Waals surface area contributed by atoms with Crippen molar-refractivity contribution >= 4 is 32.1 Å². The van der Waals surface area contributed by atoms with E-state index in [2.05, 4.69) is 9.71 Å². The first-order chi connectivity index (χ1) is 14.2. The van der Waals surface area contributed by atoms with Crippen LogP contribution in [0.4, 0.5) is 4.39 Å². The van der Waals surface area contributed by atoms with E-state index in [1.165, 1.54) is 42.5 Å². The first-order valence-corrected chi connectivity index (χ1v) is 11.4. The Morgan fingerprint density at radius 1 is 1.20 bits per heavy atom. The molecule has 0 aliphatic heterocycles. The molecule has 0 saturated heterocycles. The van der Waals surface area contributed by atoms with Crippen LogP contribution in [0, 0.1) is 12.7 Å². The highest BCUT2D eigenvalue weighted by molar-refractivity contribution is 7.89. The third kappa shape index (κ3) is 3.91. The van der Waals surface area contributed by atoms with Gasteiger partial charge in [0.05, 0.1) is 10.6 Å². The summed E-state index contributed by atoms with van der Waals surface area (Å²) in [6, 6.07) is 12.1. The molecule has 9 heteroatoms. The molecule has 0 aliphatic carbocycles. The molecule has 2 aromatic carbocycles. The highest BCUT2D eigenvalue weighted by atomic mass is 32.2. The number of nitrogens with one attached hydrogen (secondary N) is 1. The highest BCUT2D eigenvalue weighted by Crippen LogP contribution is 2.27. The molecule has 0 fully saturated rings. The number of hydrogen-bond donors (Lipinski definition) is 1. The SMILES string of the molecule is CC(=O)c1cccc(S(=O)(=O)NCc2sc3nc(-c4ccc(F)cc4)cn3c2C)c1. The Morgan fingerprint density at radius 3 is 2.60 bits per heavy atom. The Labute approximate surface area is 177 Å². The number of sulfonamides is 1. The number of rotatable bonds is 6. The molecular weight excluding hydrogens is 425 g/mol. The van der Waals surface area contributed by atoms with E-state index in [0.29, 0.717) is 5.56 Å². The number of nitrogens with zero attached hydrogens (tertiary/aromatic N) is 2. The van der Waals surface area contributed by atoms with Crippen molar-refractivity contribution in [2.75, 3.05) is 0 Å². The number of ketones is 1. The lowest BCUT2D eigenvalue weighted by atomic mass is 10.2. The van der Waals surface area contributed by atoms with Crippen LogP contribution in [0.2, 0.25) is 0 Å². The van der Waals surface area contributed by atoms with Gasteiger partial charge in [0.2, 0.25) is 10.0 Å². The van der Waals surface area contributed by atoms with Crippen molar-refractivity contribution in [2.24, 2.45) is 0 Å². The van der Waals surface area contributed by atoms with Crippen LogP contribution in [-0.2, 0) is 16.6 Å². The number of Topliss-reactive ketones (excluding diaryl/α,β-unsaturated/α-hetero) is 1. The Hall–Kier alpha value is -2.88. The predicted molar refractivity (Wildman–Crippen MR) is 114 cm³/mol. The van der Waals surface area contributed by atoms with Crippen molar-refractivity contribution in [3.8, 4) is 11.3 Å². The summed E-state index contributed by atoms with van der Waals surface area (Å²) in [4.78, 5) is 17.7. The first kappa shape index (κ1) is 20.4. The fourth-order valence-corrected chi connectivity index (χ4v) is 5.22. The molecule has 0 atom stereocenters. The van der Waals surface area contributed by atoms with E-state index in [1.54, 1.807) is 24.3 Å². The minimum absolute atomic E-state index is 0.0489. The summed E-state index contributed by atoms with van der Waals surface area (Å²) in [6.07, 6.45) is 1.85. The molecule has 0 amide bonds. The Bertz CT molecular complexity index is 1360. The molecule has 30 heavy (non-hydrogen) atoms. The molecule has 4 rings (SSSR count). The van der Waals surface area contributed by atoms with Crippen molar-refractivity contribution in [2.45, 2.75) is 25.3 Å². The quantitative estimate of drug-likeness (QED) is 0.453. The maximum absolute atomic E-state index is 13.1. The van der Waals surface area contributed by atoms with E-state index in [-0.39, 0.29) is 23.0 Å². The number of thiazole rings is 1. The number of fused-ring (bicyclic) bond motifs is 1. The molecule has 1 N–H and O–H groups in total. The minimum Gasteiger partial charge on any atom is -0.295 e. The second-order valence-corrected chi connectivity index (χ2v) is 9.63. The fraction of sp³-hybridized carbons (Fsp3) is 0.143. The smallest absolute Gasteiger partial charge is 0.240 e. The molecule has 0 bridgehead atoms. The van der Waals surface area contributed by atoms with Crippen molar-refractivity contribution in [3.63, 3.8) is 0 Å². The molecule has 0 aliphatic rings. The van der Waals surface area contributed by atoms with Crippen LogP contribution in [0.3, 0.4) is 0 Å². The third-order valence-corrected chi connectivity index (χ3v) is 7.32. The van der Waals surface area contributed by atoms with Crippen LogP contribution in [0.1, 0.15) is 27.9 Å². The molecule has 154 valence electrons. The summed E-state index contributed by atoms with van der Waals surface area (Å²) in [5, 5.41) is 0. The van der Waals surface area contributed by atoms with Gasteiger partial charge in [-0.2, -0.15) is 0 Å². The van der Waals surface area contributed by atoms with Gasteiger partial charge in [-0.1, -0.05) is 23.5 Å². The lowest BCUT2D eigenvalue weighted by Crippen LogP contribution is -2.23. The Kier molecular flexibility index (Phi) is 5.27. The molecular formula is C21H18FN3O3S2. The van der Waals surface area contributed by atoms with Gasteiger partial charge in [0.15, 0.2) is 10.7 Å². The predicted octanol–water partition coefficient (Wildman–Crippen LogP) is 4.19. The number of halogens is 1. The van der Waals surface area contributed by atoms with Crippen LogP contribution in [0.25, 0.3) is 16.2 Å². The van der Waals surface area contributed by atoms with Gasteiger partial charge >= 0.3 is 0 Å². The van der Waals surface area contributed by atoms with Crippen molar-refractivity contribution in [1.29, 1.82) is 0 Å². The largest absolute Gasteiger partial charge is 0.295 e. The molecule has 0 unspecified atom stereocenters. The lowest BCUT2D eigenvalue weighted by Gasteiger charge is -2.07. The highest BCUT2D eigenvalue weighted by Gasteiger charge is 2.18. The first-order valence-electron chi connectivity index (χ1n) is 9.08. The number of benzene rings is 2. The molecule has 0 radical (unpaired) electrons. The average Bonchev–Trinajstić information content (AvgIpc) is 3.26. The van der Waals surface area contributed by atoms with Crippen LogP contribution in [0.5, 0.6) is 0 Å². The van der Waals surface area contributed by atoms with Crippen LogP contribution in [-0.4, -0.2) is 23.6 Å². The number of carbonyl (C=O) groups excluding carboxylic acids is 1. The standard InChI is InChI=1S/C21H18FN3O3S2/c1-13-20(11-23-30(27,28)18-5-3-4-16(10-18)14(2)26)29-21-24-19(12-25(13)21)15-6-8-17(22)9-7-15/h3-10,12,23H,11H2,1-2H3. The van der Waals surface area contributed by atoms with Gasteiger partial charge in [-0.25, -0.2) is 22.5 Å². The molecule has 0 spiro atoms. The lowest BCUT2D eigenvalue weighted by molar-refractivity contribution is 0.101. The zero-order chi connectivity index (χ0) is 21.5. The van der Waals surface area contributed by atoms with Crippen LogP contribution >= 0.6 is 11.3 Å². The number of aryl methyl sites for hydroxylation is 1.